The van der Waals surface area contributed by atoms with Crippen molar-refractivity contribution in [2.24, 2.45) is 5.73 Å². The second kappa shape index (κ2) is 6.63. The third-order valence-electron chi connectivity index (χ3n) is 2.76. The van der Waals surface area contributed by atoms with Gasteiger partial charge < -0.3 is 15.2 Å². The predicted molar refractivity (Wildman–Crippen MR) is 79.7 cm³/mol. The van der Waals surface area contributed by atoms with Crippen LogP contribution in [-0.4, -0.2) is 42.6 Å². The SMILES string of the molecule is CCOc1cc([C@H](N)CS(=O)(=O)S(C)(=O)=O)ccc1OC. The van der Waals surface area contributed by atoms with Gasteiger partial charge in [0.05, 0.1) is 25.7 Å². The Morgan fingerprint density at radius 1 is 1.19 bits per heavy atom. The minimum absolute atomic E-state index is 0.399. The fraction of sp³-hybridized carbons (Fsp3) is 0.500. The highest BCUT2D eigenvalue weighted by atomic mass is 33.2. The summed E-state index contributed by atoms with van der Waals surface area (Å²) >= 11 is 0. The van der Waals surface area contributed by atoms with Gasteiger partial charge in [-0.15, -0.1) is 0 Å². The van der Waals surface area contributed by atoms with Gasteiger partial charge in [-0.1, -0.05) is 6.07 Å². The monoisotopic (exact) mass is 337 g/mol. The van der Waals surface area contributed by atoms with E-state index >= 15 is 0 Å². The van der Waals surface area contributed by atoms with Crippen LogP contribution in [-0.2, 0) is 17.7 Å². The molecule has 0 fully saturated rings. The maximum Gasteiger partial charge on any atom is 0.255 e. The number of benzene rings is 1. The van der Waals surface area contributed by atoms with E-state index in [1.165, 1.54) is 7.11 Å². The highest BCUT2D eigenvalue weighted by molar-refractivity contribution is 8.66. The van der Waals surface area contributed by atoms with E-state index in [0.717, 1.165) is 0 Å². The molecule has 1 aromatic rings. The molecule has 0 bridgehead atoms. The van der Waals surface area contributed by atoms with Gasteiger partial charge in [-0.3, -0.25) is 0 Å². The smallest absolute Gasteiger partial charge is 0.255 e. The Morgan fingerprint density at radius 2 is 1.81 bits per heavy atom. The zero-order chi connectivity index (χ0) is 16.3. The fourth-order valence-electron chi connectivity index (χ4n) is 1.63. The minimum Gasteiger partial charge on any atom is -0.493 e. The van der Waals surface area contributed by atoms with Crippen LogP contribution in [0.4, 0.5) is 0 Å². The summed E-state index contributed by atoms with van der Waals surface area (Å²) in [5.41, 5.74) is 6.24. The zero-order valence-electron chi connectivity index (χ0n) is 12.1. The van der Waals surface area contributed by atoms with Crippen LogP contribution in [0.15, 0.2) is 18.2 Å². The maximum atomic E-state index is 11.6. The van der Waals surface area contributed by atoms with Crippen molar-refractivity contribution < 1.29 is 26.3 Å². The number of methoxy groups -OCH3 is 1. The largest absolute Gasteiger partial charge is 0.493 e. The molecular weight excluding hydrogens is 318 g/mol. The summed E-state index contributed by atoms with van der Waals surface area (Å²) in [6, 6.07) is 3.73. The van der Waals surface area contributed by atoms with Crippen molar-refractivity contribution in [2.75, 3.05) is 25.7 Å². The van der Waals surface area contributed by atoms with Crippen LogP contribution >= 0.6 is 0 Å². The summed E-state index contributed by atoms with van der Waals surface area (Å²) in [5.74, 6) is 0.215. The van der Waals surface area contributed by atoms with Gasteiger partial charge in [0, 0.05) is 6.04 Å². The topological polar surface area (TPSA) is 113 Å². The first-order valence-corrected chi connectivity index (χ1v) is 10.2. The van der Waals surface area contributed by atoms with Gasteiger partial charge >= 0.3 is 0 Å². The van der Waals surface area contributed by atoms with Crippen molar-refractivity contribution in [3.05, 3.63) is 23.8 Å². The molecule has 0 unspecified atom stereocenters. The van der Waals surface area contributed by atoms with Gasteiger partial charge in [-0.05, 0) is 24.6 Å². The molecular formula is C12H19NO6S2. The van der Waals surface area contributed by atoms with Gasteiger partial charge in [0.1, 0.15) is 0 Å². The molecule has 0 heterocycles. The maximum absolute atomic E-state index is 11.6. The standard InChI is InChI=1S/C12H19NO6S2/c1-4-19-12-7-9(5-6-11(12)18-2)10(13)8-21(16,17)20(3,14)15/h5-7,10H,4,8,13H2,1-3H3/t10-/m1/s1. The normalized spacial score (nSPS) is 13.7. The van der Waals surface area contributed by atoms with E-state index in [1.54, 1.807) is 25.1 Å². The molecule has 120 valence electrons. The van der Waals surface area contributed by atoms with E-state index in [0.29, 0.717) is 29.9 Å². The number of hydrogen-bond donors (Lipinski definition) is 1. The summed E-state index contributed by atoms with van der Waals surface area (Å²) in [7, 11) is -7.04. The molecule has 9 heteroatoms. The Labute approximate surface area is 124 Å². The molecule has 21 heavy (non-hydrogen) atoms. The van der Waals surface area contributed by atoms with Crippen molar-refractivity contribution >= 4 is 17.7 Å². The molecule has 1 aromatic carbocycles. The lowest BCUT2D eigenvalue weighted by Crippen LogP contribution is -2.26. The van der Waals surface area contributed by atoms with Crippen LogP contribution < -0.4 is 15.2 Å². The Balaban J connectivity index is 3.09. The molecule has 0 spiro atoms. The van der Waals surface area contributed by atoms with E-state index in [4.69, 9.17) is 15.2 Å². The lowest BCUT2D eigenvalue weighted by atomic mass is 10.1. The summed E-state index contributed by atoms with van der Waals surface area (Å²) in [4.78, 5) is 0. The molecule has 0 aliphatic rings. The Morgan fingerprint density at radius 3 is 2.29 bits per heavy atom. The summed E-state index contributed by atoms with van der Waals surface area (Å²) in [6.45, 7) is 2.19. The second-order valence-electron chi connectivity index (χ2n) is 4.38. The summed E-state index contributed by atoms with van der Waals surface area (Å²) in [6.07, 6.45) is 0.648. The van der Waals surface area contributed by atoms with Crippen molar-refractivity contribution in [3.8, 4) is 11.5 Å². The van der Waals surface area contributed by atoms with Crippen LogP contribution in [0, 0.1) is 0 Å². The van der Waals surface area contributed by atoms with E-state index in [2.05, 4.69) is 0 Å². The first-order chi connectivity index (χ1) is 9.62. The van der Waals surface area contributed by atoms with Crippen LogP contribution in [0.3, 0.4) is 0 Å². The number of nitrogens with two attached hydrogens (primary N) is 1. The van der Waals surface area contributed by atoms with Gasteiger partial charge in [0.15, 0.2) is 11.5 Å². The number of ether oxygens (including phenoxy) is 2. The molecule has 7 nitrogen and oxygen atoms in total. The zero-order valence-corrected chi connectivity index (χ0v) is 13.7. The Hall–Kier alpha value is -1.32. The summed E-state index contributed by atoms with van der Waals surface area (Å²) < 4.78 is 56.2. The second-order valence-corrected chi connectivity index (χ2v) is 10.6. The van der Waals surface area contributed by atoms with Crippen LogP contribution in [0.1, 0.15) is 18.5 Å². The first-order valence-electron chi connectivity index (χ1n) is 6.11. The average molecular weight is 337 g/mol. The quantitative estimate of drug-likeness (QED) is 0.719. The minimum atomic E-state index is -4.31. The Kier molecular flexibility index (Phi) is 5.60. The van der Waals surface area contributed by atoms with Gasteiger partial charge in [0.2, 0.25) is 0 Å². The lowest BCUT2D eigenvalue weighted by molar-refractivity contribution is 0.310. The number of hydrogen-bond acceptors (Lipinski definition) is 7. The first kappa shape index (κ1) is 17.7. The van der Waals surface area contributed by atoms with Gasteiger partial charge in [-0.2, -0.15) is 0 Å². The van der Waals surface area contributed by atoms with Crippen LogP contribution in [0.25, 0.3) is 0 Å². The third kappa shape index (κ3) is 4.32. The van der Waals surface area contributed by atoms with Gasteiger partial charge in [0.25, 0.3) is 17.7 Å². The highest BCUT2D eigenvalue weighted by Gasteiger charge is 2.28. The predicted octanol–water partition coefficient (Wildman–Crippen LogP) is 0.468. The Bertz CT molecular complexity index is 696. The van der Waals surface area contributed by atoms with Crippen LogP contribution in [0.5, 0.6) is 11.5 Å². The third-order valence-corrected chi connectivity index (χ3v) is 7.63. The molecule has 2 N–H and O–H groups in total. The molecule has 1 atom stereocenters. The van der Waals surface area contributed by atoms with Crippen molar-refractivity contribution in [1.29, 1.82) is 0 Å². The molecule has 0 aliphatic heterocycles. The molecule has 0 saturated carbocycles. The van der Waals surface area contributed by atoms with E-state index in [-0.39, 0.29) is 0 Å². The number of rotatable bonds is 7. The fourth-order valence-corrected chi connectivity index (χ4v) is 3.69. The lowest BCUT2D eigenvalue weighted by Gasteiger charge is -2.15. The average Bonchev–Trinajstić information content (AvgIpc) is 2.37. The van der Waals surface area contributed by atoms with Crippen LogP contribution in [0.2, 0.25) is 0 Å². The highest BCUT2D eigenvalue weighted by Crippen LogP contribution is 2.30. The summed E-state index contributed by atoms with van der Waals surface area (Å²) in [5, 5.41) is 0. The van der Waals surface area contributed by atoms with Crippen molar-refractivity contribution in [1.82, 2.24) is 0 Å². The van der Waals surface area contributed by atoms with Crippen molar-refractivity contribution in [2.45, 2.75) is 13.0 Å². The molecule has 0 saturated heterocycles. The van der Waals surface area contributed by atoms with E-state index in [9.17, 15) is 16.8 Å². The molecule has 1 rings (SSSR count). The molecule has 0 radical (unpaired) electrons. The van der Waals surface area contributed by atoms with E-state index in [1.807, 2.05) is 0 Å². The molecule has 0 aliphatic carbocycles. The van der Waals surface area contributed by atoms with Crippen molar-refractivity contribution in [3.63, 3.8) is 0 Å². The van der Waals surface area contributed by atoms with E-state index < -0.39 is 29.5 Å². The molecule has 0 aromatic heterocycles. The van der Waals surface area contributed by atoms with Gasteiger partial charge in [-0.25, -0.2) is 16.8 Å². The molecule has 0 amide bonds.